The largest absolute Gasteiger partial charge is 0.363 e. The van der Waals surface area contributed by atoms with E-state index in [9.17, 15) is 27.6 Å². The van der Waals surface area contributed by atoms with E-state index in [-0.39, 0.29) is 41.6 Å². The molecule has 3 aromatic rings. The van der Waals surface area contributed by atoms with Gasteiger partial charge >= 0.3 is 0 Å². The third-order valence-corrected chi connectivity index (χ3v) is 6.36. The van der Waals surface area contributed by atoms with Crippen LogP contribution in [0.1, 0.15) is 47.8 Å². The molecule has 4 rings (SSSR count). The quantitative estimate of drug-likeness (QED) is 0.576. The molecule has 0 spiro atoms. The van der Waals surface area contributed by atoms with E-state index in [2.05, 4.69) is 15.3 Å². The van der Waals surface area contributed by atoms with E-state index in [1.807, 2.05) is 0 Å². The molecule has 12 heteroatoms. The molecule has 1 N–H and O–H groups in total. The van der Waals surface area contributed by atoms with Crippen molar-refractivity contribution >= 4 is 28.7 Å². The predicted octanol–water partition coefficient (Wildman–Crippen LogP) is 2.88. The Morgan fingerprint density at radius 3 is 2.33 bits per heavy atom. The summed E-state index contributed by atoms with van der Waals surface area (Å²) in [5, 5.41) is 3.33. The van der Waals surface area contributed by atoms with Crippen LogP contribution in [-0.4, -0.2) is 62.3 Å². The Bertz CT molecular complexity index is 1390. The van der Waals surface area contributed by atoms with Crippen LogP contribution in [-0.2, 0) is 11.8 Å². The van der Waals surface area contributed by atoms with Crippen LogP contribution in [0, 0.1) is 5.82 Å². The van der Waals surface area contributed by atoms with Gasteiger partial charge in [-0.1, -0.05) is 18.2 Å². The monoisotopic (exact) mass is 502 g/mol. The first-order valence-electron chi connectivity index (χ1n) is 11.3. The highest BCUT2D eigenvalue weighted by molar-refractivity contribution is 5.99. The molecule has 1 aliphatic heterocycles. The van der Waals surface area contributed by atoms with Gasteiger partial charge in [0, 0.05) is 45.7 Å². The van der Waals surface area contributed by atoms with E-state index in [4.69, 9.17) is 0 Å². The molecule has 2 aromatic heterocycles. The summed E-state index contributed by atoms with van der Waals surface area (Å²) < 4.78 is 42.2. The Labute approximate surface area is 204 Å². The molecule has 0 unspecified atom stereocenters. The van der Waals surface area contributed by atoms with Crippen LogP contribution >= 0.6 is 0 Å². The van der Waals surface area contributed by atoms with Crippen LogP contribution in [0.3, 0.4) is 0 Å². The normalized spacial score (nSPS) is 14.9. The molecule has 1 atom stereocenters. The van der Waals surface area contributed by atoms with Gasteiger partial charge in [-0.2, -0.15) is 0 Å². The first-order chi connectivity index (χ1) is 17.1. The smallest absolute Gasteiger partial charge is 0.266 e. The number of amides is 2. The second-order valence-corrected chi connectivity index (χ2v) is 8.60. The van der Waals surface area contributed by atoms with Gasteiger partial charge in [0.2, 0.25) is 5.91 Å². The zero-order valence-corrected chi connectivity index (χ0v) is 20.0. The van der Waals surface area contributed by atoms with Crippen molar-refractivity contribution in [3.63, 3.8) is 0 Å². The van der Waals surface area contributed by atoms with Crippen molar-refractivity contribution in [2.24, 2.45) is 7.05 Å². The minimum atomic E-state index is -2.96. The molecule has 2 amide bonds. The molecule has 0 bridgehead atoms. The summed E-state index contributed by atoms with van der Waals surface area (Å²) in [7, 11) is 1.47. The SMILES string of the molecule is CC(=O)N1CCN(C(=O)c2cc3c(N[C@H](C)c4cccc(C(F)F)c4F)ncnc3n(C)c2=O)CC1. The summed E-state index contributed by atoms with van der Waals surface area (Å²) in [6.45, 7) is 4.35. The zero-order valence-electron chi connectivity index (χ0n) is 20.0. The lowest BCUT2D eigenvalue weighted by molar-refractivity contribution is -0.130. The first-order valence-corrected chi connectivity index (χ1v) is 11.3. The van der Waals surface area contributed by atoms with E-state index in [0.29, 0.717) is 18.5 Å². The van der Waals surface area contributed by atoms with Crippen molar-refractivity contribution in [2.75, 3.05) is 31.5 Å². The number of alkyl halides is 2. The van der Waals surface area contributed by atoms with Crippen LogP contribution in [0.5, 0.6) is 0 Å². The van der Waals surface area contributed by atoms with Gasteiger partial charge in [0.1, 0.15) is 29.2 Å². The van der Waals surface area contributed by atoms with Crippen molar-refractivity contribution in [1.29, 1.82) is 0 Å². The van der Waals surface area contributed by atoms with Crippen molar-refractivity contribution in [3.8, 4) is 0 Å². The number of piperazine rings is 1. The molecule has 3 heterocycles. The van der Waals surface area contributed by atoms with Crippen molar-refractivity contribution in [2.45, 2.75) is 26.3 Å². The van der Waals surface area contributed by atoms with Gasteiger partial charge in [-0.3, -0.25) is 19.0 Å². The van der Waals surface area contributed by atoms with Crippen LogP contribution in [0.25, 0.3) is 11.0 Å². The van der Waals surface area contributed by atoms with Crippen molar-refractivity contribution in [3.05, 3.63) is 63.5 Å². The predicted molar refractivity (Wildman–Crippen MR) is 126 cm³/mol. The standard InChI is InChI=1S/C24H25F3N6O3/c1-13(15-5-4-6-16(19(15)25)20(26)27)30-21-17-11-18(23(35)31(3)22(17)29-12-28-21)24(36)33-9-7-32(8-10-33)14(2)34/h4-6,11-13,20H,7-10H2,1-3H3,(H,28,29,30)/t13-/m1/s1. The van der Waals surface area contributed by atoms with E-state index in [0.717, 1.165) is 6.07 Å². The van der Waals surface area contributed by atoms with Gasteiger partial charge in [-0.15, -0.1) is 0 Å². The number of anilines is 1. The Kier molecular flexibility index (Phi) is 6.95. The maximum atomic E-state index is 14.7. The number of pyridine rings is 1. The number of aromatic nitrogens is 3. The third kappa shape index (κ3) is 4.62. The second-order valence-electron chi connectivity index (χ2n) is 8.60. The number of hydrogen-bond donors (Lipinski definition) is 1. The molecule has 0 aliphatic carbocycles. The lowest BCUT2D eigenvalue weighted by Gasteiger charge is -2.34. The highest BCUT2D eigenvalue weighted by Crippen LogP contribution is 2.30. The molecule has 36 heavy (non-hydrogen) atoms. The van der Waals surface area contributed by atoms with Crippen molar-refractivity contribution in [1.82, 2.24) is 24.3 Å². The molecule has 1 aliphatic rings. The number of hydrogen-bond acceptors (Lipinski definition) is 6. The topological polar surface area (TPSA) is 100 Å². The summed E-state index contributed by atoms with van der Waals surface area (Å²) in [6, 6.07) is 4.40. The van der Waals surface area contributed by atoms with E-state index in [1.54, 1.807) is 11.8 Å². The Balaban J connectivity index is 1.69. The summed E-state index contributed by atoms with van der Waals surface area (Å²) in [6.07, 6.45) is -1.75. The van der Waals surface area contributed by atoms with Gasteiger partial charge in [-0.25, -0.2) is 23.1 Å². The average Bonchev–Trinajstić information content (AvgIpc) is 2.86. The van der Waals surface area contributed by atoms with Crippen LogP contribution < -0.4 is 10.9 Å². The van der Waals surface area contributed by atoms with Crippen LogP contribution in [0.15, 0.2) is 35.4 Å². The Morgan fingerprint density at radius 1 is 1.06 bits per heavy atom. The molecular weight excluding hydrogens is 477 g/mol. The third-order valence-electron chi connectivity index (χ3n) is 6.36. The number of carbonyl (C=O) groups is 2. The van der Waals surface area contributed by atoms with E-state index < -0.39 is 35.3 Å². The molecule has 1 saturated heterocycles. The van der Waals surface area contributed by atoms with Gasteiger partial charge in [0.15, 0.2) is 0 Å². The number of nitrogens with one attached hydrogen (secondary N) is 1. The van der Waals surface area contributed by atoms with Crippen LogP contribution in [0.4, 0.5) is 19.0 Å². The number of benzene rings is 1. The maximum absolute atomic E-state index is 14.7. The lowest BCUT2D eigenvalue weighted by atomic mass is 10.0. The highest BCUT2D eigenvalue weighted by atomic mass is 19.3. The zero-order chi connectivity index (χ0) is 26.1. The number of carbonyl (C=O) groups excluding carboxylic acids is 2. The fourth-order valence-corrected chi connectivity index (χ4v) is 4.29. The second kappa shape index (κ2) is 9.96. The summed E-state index contributed by atoms with van der Waals surface area (Å²) in [5.74, 6) is -1.38. The fourth-order valence-electron chi connectivity index (χ4n) is 4.29. The number of rotatable bonds is 5. The molecule has 1 aromatic carbocycles. The number of fused-ring (bicyclic) bond motifs is 1. The molecule has 190 valence electrons. The minimum absolute atomic E-state index is 0.0176. The number of aryl methyl sites for hydroxylation is 1. The highest BCUT2D eigenvalue weighted by Gasteiger charge is 2.27. The summed E-state index contributed by atoms with van der Waals surface area (Å²) in [5.41, 5.74) is -1.09. The summed E-state index contributed by atoms with van der Waals surface area (Å²) in [4.78, 5) is 49.3. The maximum Gasteiger partial charge on any atom is 0.266 e. The van der Waals surface area contributed by atoms with Crippen LogP contribution in [0.2, 0.25) is 0 Å². The van der Waals surface area contributed by atoms with Gasteiger partial charge < -0.3 is 15.1 Å². The molecular formula is C24H25F3N6O3. The van der Waals surface area contributed by atoms with E-state index >= 15 is 0 Å². The first kappa shape index (κ1) is 25.1. The van der Waals surface area contributed by atoms with Gasteiger partial charge in [0.05, 0.1) is 17.0 Å². The lowest BCUT2D eigenvalue weighted by Crippen LogP contribution is -2.51. The molecule has 0 saturated carbocycles. The van der Waals surface area contributed by atoms with Crippen molar-refractivity contribution < 1.29 is 22.8 Å². The molecule has 1 fully saturated rings. The van der Waals surface area contributed by atoms with Gasteiger partial charge in [0.25, 0.3) is 17.9 Å². The number of nitrogens with zero attached hydrogens (tertiary/aromatic N) is 5. The Morgan fingerprint density at radius 2 is 1.69 bits per heavy atom. The molecule has 0 radical (unpaired) electrons. The Hall–Kier alpha value is -3.96. The van der Waals surface area contributed by atoms with E-state index in [1.165, 1.54) is 48.0 Å². The number of halogens is 3. The fraction of sp³-hybridized carbons (Fsp3) is 0.375. The average molecular weight is 502 g/mol. The summed E-state index contributed by atoms with van der Waals surface area (Å²) >= 11 is 0. The minimum Gasteiger partial charge on any atom is -0.363 e. The molecule has 9 nitrogen and oxygen atoms in total. The van der Waals surface area contributed by atoms with Gasteiger partial charge in [-0.05, 0) is 13.0 Å².